The smallest absolute Gasteiger partial charge is 0.238 e. The van der Waals surface area contributed by atoms with Crippen LogP contribution in [-0.4, -0.2) is 42.6 Å². The third-order valence-electron chi connectivity index (χ3n) is 2.99. The number of carbonyl (C=O) groups excluding carboxylic acids is 1. The predicted octanol–water partition coefficient (Wildman–Crippen LogP) is 2.39. The summed E-state index contributed by atoms with van der Waals surface area (Å²) in [5.41, 5.74) is 0.767. The van der Waals surface area contributed by atoms with Crippen molar-refractivity contribution < 1.29 is 9.53 Å². The van der Waals surface area contributed by atoms with Gasteiger partial charge in [0.2, 0.25) is 5.91 Å². The van der Waals surface area contributed by atoms with E-state index in [-0.39, 0.29) is 18.1 Å². The monoisotopic (exact) mass is 282 g/mol. The Morgan fingerprint density at radius 2 is 1.89 bits per heavy atom. The van der Waals surface area contributed by atoms with Crippen LogP contribution in [0.1, 0.15) is 13.8 Å². The van der Waals surface area contributed by atoms with E-state index in [1.54, 1.807) is 24.3 Å². The molecule has 1 aliphatic rings. The van der Waals surface area contributed by atoms with E-state index in [0.717, 1.165) is 18.8 Å². The van der Waals surface area contributed by atoms with Crippen molar-refractivity contribution in [2.45, 2.75) is 26.1 Å². The van der Waals surface area contributed by atoms with Crippen LogP contribution in [0, 0.1) is 0 Å². The summed E-state index contributed by atoms with van der Waals surface area (Å²) in [6.45, 7) is 6.02. The molecule has 1 aromatic carbocycles. The summed E-state index contributed by atoms with van der Waals surface area (Å²) < 4.78 is 5.64. The van der Waals surface area contributed by atoms with Crippen molar-refractivity contribution >= 4 is 23.2 Å². The topological polar surface area (TPSA) is 41.6 Å². The summed E-state index contributed by atoms with van der Waals surface area (Å²) in [7, 11) is 0. The number of amides is 1. The molecule has 1 amide bonds. The maximum absolute atomic E-state index is 12.0. The van der Waals surface area contributed by atoms with E-state index in [0.29, 0.717) is 11.6 Å². The molecule has 2 rings (SSSR count). The van der Waals surface area contributed by atoms with Crippen molar-refractivity contribution in [3.8, 4) is 0 Å². The highest BCUT2D eigenvalue weighted by molar-refractivity contribution is 6.30. The second kappa shape index (κ2) is 6.37. The molecule has 0 saturated carbocycles. The molecule has 0 unspecified atom stereocenters. The number of rotatable bonds is 3. The van der Waals surface area contributed by atoms with Crippen molar-refractivity contribution in [2.75, 3.05) is 25.0 Å². The van der Waals surface area contributed by atoms with Gasteiger partial charge in [-0.05, 0) is 38.1 Å². The van der Waals surface area contributed by atoms with Crippen molar-refractivity contribution in [1.29, 1.82) is 0 Å². The van der Waals surface area contributed by atoms with E-state index in [9.17, 15) is 4.79 Å². The van der Waals surface area contributed by atoms with Crippen LogP contribution in [0.15, 0.2) is 24.3 Å². The number of nitrogens with one attached hydrogen (secondary N) is 1. The summed E-state index contributed by atoms with van der Waals surface area (Å²) in [4.78, 5) is 14.1. The first kappa shape index (κ1) is 14.3. The van der Waals surface area contributed by atoms with Crippen LogP contribution >= 0.6 is 11.6 Å². The number of hydrogen-bond acceptors (Lipinski definition) is 3. The van der Waals surface area contributed by atoms with Crippen molar-refractivity contribution in [2.24, 2.45) is 0 Å². The Bertz CT molecular complexity index is 426. The number of anilines is 1. The van der Waals surface area contributed by atoms with Crippen molar-refractivity contribution in [3.63, 3.8) is 0 Å². The highest BCUT2D eigenvalue weighted by Crippen LogP contribution is 2.14. The number of benzene rings is 1. The summed E-state index contributed by atoms with van der Waals surface area (Å²) in [6, 6.07) is 7.11. The minimum atomic E-state index is -0.0105. The third kappa shape index (κ3) is 4.49. The van der Waals surface area contributed by atoms with E-state index < -0.39 is 0 Å². The molecule has 1 aliphatic heterocycles. The number of ether oxygens (including phenoxy) is 1. The fourth-order valence-electron chi connectivity index (χ4n) is 2.35. The molecule has 0 spiro atoms. The Balaban J connectivity index is 1.85. The molecule has 2 atom stereocenters. The average Bonchev–Trinajstić information content (AvgIpc) is 2.30. The van der Waals surface area contributed by atoms with Gasteiger partial charge in [-0.1, -0.05) is 11.6 Å². The Kier molecular flexibility index (Phi) is 4.80. The lowest BCUT2D eigenvalue weighted by molar-refractivity contribution is -0.121. The van der Waals surface area contributed by atoms with Crippen LogP contribution in [0.2, 0.25) is 5.02 Å². The van der Waals surface area contributed by atoms with Crippen LogP contribution in [0.4, 0.5) is 5.69 Å². The minimum Gasteiger partial charge on any atom is -0.373 e. The normalized spacial score (nSPS) is 24.2. The molecule has 5 heteroatoms. The van der Waals surface area contributed by atoms with E-state index in [1.165, 1.54) is 0 Å². The summed E-state index contributed by atoms with van der Waals surface area (Å²) >= 11 is 5.80. The Morgan fingerprint density at radius 1 is 1.32 bits per heavy atom. The number of carbonyl (C=O) groups is 1. The van der Waals surface area contributed by atoms with Gasteiger partial charge in [0, 0.05) is 23.8 Å². The third-order valence-corrected chi connectivity index (χ3v) is 3.24. The predicted molar refractivity (Wildman–Crippen MR) is 76.5 cm³/mol. The van der Waals surface area contributed by atoms with Gasteiger partial charge < -0.3 is 10.1 Å². The van der Waals surface area contributed by atoms with Crippen LogP contribution in [0.5, 0.6) is 0 Å². The molecule has 1 fully saturated rings. The molecule has 19 heavy (non-hydrogen) atoms. The zero-order chi connectivity index (χ0) is 13.8. The first-order valence-electron chi connectivity index (χ1n) is 6.46. The Morgan fingerprint density at radius 3 is 2.47 bits per heavy atom. The molecule has 0 aromatic heterocycles. The number of morpholine rings is 1. The van der Waals surface area contributed by atoms with Gasteiger partial charge in [0.25, 0.3) is 0 Å². The molecule has 1 N–H and O–H groups in total. The SMILES string of the molecule is C[C@@H]1CN(CC(=O)Nc2ccc(Cl)cc2)C[C@H](C)O1. The fourth-order valence-corrected chi connectivity index (χ4v) is 2.48. The summed E-state index contributed by atoms with van der Waals surface area (Å²) in [5, 5.41) is 3.53. The lowest BCUT2D eigenvalue weighted by Gasteiger charge is -2.34. The molecule has 0 aliphatic carbocycles. The quantitative estimate of drug-likeness (QED) is 0.925. The molecule has 0 bridgehead atoms. The highest BCUT2D eigenvalue weighted by atomic mass is 35.5. The fraction of sp³-hybridized carbons (Fsp3) is 0.500. The van der Waals surface area contributed by atoms with Crippen LogP contribution in [0.25, 0.3) is 0 Å². The lowest BCUT2D eigenvalue weighted by Crippen LogP contribution is -2.48. The molecular weight excluding hydrogens is 264 g/mol. The van der Waals surface area contributed by atoms with Gasteiger partial charge in [-0.15, -0.1) is 0 Å². The van der Waals surface area contributed by atoms with Crippen LogP contribution < -0.4 is 5.32 Å². The van der Waals surface area contributed by atoms with Gasteiger partial charge in [0.15, 0.2) is 0 Å². The first-order chi connectivity index (χ1) is 9.02. The summed E-state index contributed by atoms with van der Waals surface area (Å²) in [5.74, 6) is -0.0105. The molecule has 104 valence electrons. The molecule has 4 nitrogen and oxygen atoms in total. The van der Waals surface area contributed by atoms with Gasteiger partial charge in [0.1, 0.15) is 0 Å². The molecule has 0 radical (unpaired) electrons. The Labute approximate surface area is 118 Å². The van der Waals surface area contributed by atoms with Crippen molar-refractivity contribution in [1.82, 2.24) is 4.90 Å². The molecular formula is C14H19ClN2O2. The van der Waals surface area contributed by atoms with E-state index >= 15 is 0 Å². The molecule has 1 saturated heterocycles. The van der Waals surface area contributed by atoms with Crippen molar-refractivity contribution in [3.05, 3.63) is 29.3 Å². The van der Waals surface area contributed by atoms with Crippen LogP contribution in [0.3, 0.4) is 0 Å². The average molecular weight is 283 g/mol. The zero-order valence-electron chi connectivity index (χ0n) is 11.2. The van der Waals surface area contributed by atoms with E-state index in [2.05, 4.69) is 10.2 Å². The van der Waals surface area contributed by atoms with Gasteiger partial charge >= 0.3 is 0 Å². The largest absolute Gasteiger partial charge is 0.373 e. The van der Waals surface area contributed by atoms with Gasteiger partial charge in [0.05, 0.1) is 18.8 Å². The second-order valence-electron chi connectivity index (χ2n) is 5.01. The molecule has 1 aromatic rings. The zero-order valence-corrected chi connectivity index (χ0v) is 12.0. The number of nitrogens with zero attached hydrogens (tertiary/aromatic N) is 1. The van der Waals surface area contributed by atoms with Gasteiger partial charge in [-0.25, -0.2) is 0 Å². The molecule has 1 heterocycles. The number of halogens is 1. The first-order valence-corrected chi connectivity index (χ1v) is 6.84. The van der Waals surface area contributed by atoms with Gasteiger partial charge in [-0.3, -0.25) is 9.69 Å². The maximum Gasteiger partial charge on any atom is 0.238 e. The highest BCUT2D eigenvalue weighted by Gasteiger charge is 2.23. The van der Waals surface area contributed by atoms with Crippen LogP contribution in [-0.2, 0) is 9.53 Å². The standard InChI is InChI=1S/C14H19ClN2O2/c1-10-7-17(8-11(2)19-10)9-14(18)16-13-5-3-12(15)4-6-13/h3-6,10-11H,7-9H2,1-2H3,(H,16,18)/t10-,11+. The lowest BCUT2D eigenvalue weighted by atomic mass is 10.2. The Hall–Kier alpha value is -1.10. The van der Waals surface area contributed by atoms with Gasteiger partial charge in [-0.2, -0.15) is 0 Å². The second-order valence-corrected chi connectivity index (χ2v) is 5.44. The minimum absolute atomic E-state index is 0.0105. The number of hydrogen-bond donors (Lipinski definition) is 1. The van der Waals surface area contributed by atoms with E-state index in [4.69, 9.17) is 16.3 Å². The maximum atomic E-state index is 12.0. The summed E-state index contributed by atoms with van der Waals surface area (Å²) in [6.07, 6.45) is 0.346. The van der Waals surface area contributed by atoms with E-state index in [1.807, 2.05) is 13.8 Å².